The van der Waals surface area contributed by atoms with E-state index in [0.717, 1.165) is 16.5 Å². The molecule has 2 aromatic carbocycles. The molecule has 0 aliphatic heterocycles. The number of nitrogens with zero attached hydrogens (tertiary/aromatic N) is 1. The number of para-hydroxylation sites is 1. The zero-order valence-electron chi connectivity index (χ0n) is 19.6. The Hall–Kier alpha value is -3.81. The molecule has 8 nitrogen and oxygen atoms in total. The molecule has 1 heterocycles. The molecule has 0 bridgehead atoms. The van der Waals surface area contributed by atoms with Gasteiger partial charge in [-0.05, 0) is 56.7 Å². The summed E-state index contributed by atoms with van der Waals surface area (Å²) in [4.78, 5) is 37.4. The van der Waals surface area contributed by atoms with Crippen LogP contribution in [0.1, 0.15) is 36.7 Å². The molecule has 3 N–H and O–H groups in total. The van der Waals surface area contributed by atoms with Crippen molar-refractivity contribution >= 4 is 34.5 Å². The number of anilines is 1. The number of fused-ring (bicyclic) bond motifs is 1. The van der Waals surface area contributed by atoms with Crippen LogP contribution in [0.4, 0.5) is 10.5 Å². The highest BCUT2D eigenvalue weighted by Crippen LogP contribution is 2.22. The van der Waals surface area contributed by atoms with Crippen molar-refractivity contribution in [1.29, 1.82) is 0 Å². The lowest BCUT2D eigenvalue weighted by atomic mass is 10.0. The fourth-order valence-electron chi connectivity index (χ4n) is 3.55. The molecule has 0 saturated heterocycles. The maximum absolute atomic E-state index is 13.2. The summed E-state index contributed by atoms with van der Waals surface area (Å²) in [7, 11) is 3.49. The number of ether oxygens (including phenoxy) is 1. The SMILES string of the molecule is CNC(=O)c1ccc(NC(=O)[C@H](Cc2cn(C)c3ccccc23)NC(=O)OC(C)(C)C)cc1. The van der Waals surface area contributed by atoms with Crippen LogP contribution in [0.3, 0.4) is 0 Å². The average Bonchev–Trinajstić information content (AvgIpc) is 3.07. The highest BCUT2D eigenvalue weighted by atomic mass is 16.6. The largest absolute Gasteiger partial charge is 0.444 e. The average molecular weight is 451 g/mol. The van der Waals surface area contributed by atoms with Crippen LogP contribution in [0.2, 0.25) is 0 Å². The zero-order chi connectivity index (χ0) is 24.2. The molecule has 3 rings (SSSR count). The monoisotopic (exact) mass is 450 g/mol. The summed E-state index contributed by atoms with van der Waals surface area (Å²) >= 11 is 0. The van der Waals surface area contributed by atoms with Crippen LogP contribution in [0.15, 0.2) is 54.7 Å². The molecule has 1 aromatic heterocycles. The fourth-order valence-corrected chi connectivity index (χ4v) is 3.55. The van der Waals surface area contributed by atoms with Gasteiger partial charge in [-0.15, -0.1) is 0 Å². The van der Waals surface area contributed by atoms with E-state index in [2.05, 4.69) is 16.0 Å². The van der Waals surface area contributed by atoms with Gasteiger partial charge < -0.3 is 25.3 Å². The number of hydrogen-bond donors (Lipinski definition) is 3. The summed E-state index contributed by atoms with van der Waals surface area (Å²) < 4.78 is 7.36. The number of carbonyl (C=O) groups is 3. The lowest BCUT2D eigenvalue weighted by Gasteiger charge is -2.23. The van der Waals surface area contributed by atoms with Crippen molar-refractivity contribution in [2.75, 3.05) is 12.4 Å². The van der Waals surface area contributed by atoms with Crippen molar-refractivity contribution in [1.82, 2.24) is 15.2 Å². The first-order valence-electron chi connectivity index (χ1n) is 10.7. The number of amides is 3. The van der Waals surface area contributed by atoms with Gasteiger partial charge in [0.1, 0.15) is 11.6 Å². The summed E-state index contributed by atoms with van der Waals surface area (Å²) in [6.45, 7) is 5.29. The molecule has 3 amide bonds. The van der Waals surface area contributed by atoms with Gasteiger partial charge in [-0.25, -0.2) is 4.79 Å². The molecule has 0 fully saturated rings. The van der Waals surface area contributed by atoms with Crippen molar-refractivity contribution in [3.05, 3.63) is 65.9 Å². The number of rotatable bonds is 6. The number of hydrogen-bond acceptors (Lipinski definition) is 4. The third kappa shape index (κ3) is 6.12. The van der Waals surface area contributed by atoms with E-state index in [-0.39, 0.29) is 18.2 Å². The van der Waals surface area contributed by atoms with Crippen LogP contribution in [0.25, 0.3) is 10.9 Å². The lowest BCUT2D eigenvalue weighted by molar-refractivity contribution is -0.118. The van der Waals surface area contributed by atoms with Crippen LogP contribution < -0.4 is 16.0 Å². The van der Waals surface area contributed by atoms with Gasteiger partial charge in [0, 0.05) is 48.9 Å². The minimum atomic E-state index is -0.871. The van der Waals surface area contributed by atoms with Gasteiger partial charge in [0.15, 0.2) is 0 Å². The summed E-state index contributed by atoms with van der Waals surface area (Å²) in [6, 6.07) is 13.5. The number of aryl methyl sites for hydroxylation is 1. The predicted molar refractivity (Wildman–Crippen MR) is 128 cm³/mol. The van der Waals surface area contributed by atoms with Crippen molar-refractivity contribution in [3.63, 3.8) is 0 Å². The molecule has 0 aliphatic carbocycles. The molecule has 0 aliphatic rings. The van der Waals surface area contributed by atoms with E-state index in [0.29, 0.717) is 11.3 Å². The van der Waals surface area contributed by atoms with Crippen molar-refractivity contribution in [2.24, 2.45) is 7.05 Å². The quantitative estimate of drug-likeness (QED) is 0.534. The van der Waals surface area contributed by atoms with Crippen LogP contribution >= 0.6 is 0 Å². The minimum absolute atomic E-state index is 0.215. The molecule has 1 atom stereocenters. The maximum atomic E-state index is 13.2. The van der Waals surface area contributed by atoms with Gasteiger partial charge in [0.2, 0.25) is 5.91 Å². The molecule has 0 spiro atoms. The van der Waals surface area contributed by atoms with Crippen molar-refractivity contribution < 1.29 is 19.1 Å². The number of aromatic nitrogens is 1. The standard InChI is InChI=1S/C25H30N4O4/c1-25(2,3)33-24(32)28-20(14-17-15-29(5)21-9-7-6-8-19(17)21)23(31)27-18-12-10-16(11-13-18)22(30)26-4/h6-13,15,20H,14H2,1-5H3,(H,26,30)(H,27,31)(H,28,32)/t20-/m0/s1. The first kappa shape index (κ1) is 23.8. The molecular weight excluding hydrogens is 420 g/mol. The van der Waals surface area contributed by atoms with Crippen LogP contribution in [-0.4, -0.2) is 41.2 Å². The molecular formula is C25H30N4O4. The van der Waals surface area contributed by atoms with Crippen LogP contribution in [-0.2, 0) is 23.0 Å². The van der Waals surface area contributed by atoms with E-state index >= 15 is 0 Å². The molecule has 33 heavy (non-hydrogen) atoms. The molecule has 3 aromatic rings. The van der Waals surface area contributed by atoms with E-state index in [1.165, 1.54) is 0 Å². The summed E-state index contributed by atoms with van der Waals surface area (Å²) in [5, 5.41) is 9.10. The van der Waals surface area contributed by atoms with Gasteiger partial charge in [-0.1, -0.05) is 18.2 Å². The summed E-state index contributed by atoms with van der Waals surface area (Å²) in [5.74, 6) is -0.602. The van der Waals surface area contributed by atoms with E-state index in [9.17, 15) is 14.4 Å². The fraction of sp³-hybridized carbons (Fsp3) is 0.320. The van der Waals surface area contributed by atoms with Gasteiger partial charge in [0.25, 0.3) is 5.91 Å². The van der Waals surface area contributed by atoms with Crippen molar-refractivity contribution in [3.8, 4) is 0 Å². The number of benzene rings is 2. The van der Waals surface area contributed by atoms with E-state index < -0.39 is 17.7 Å². The zero-order valence-corrected chi connectivity index (χ0v) is 19.6. The lowest BCUT2D eigenvalue weighted by Crippen LogP contribution is -2.47. The Labute approximate surface area is 193 Å². The molecule has 0 unspecified atom stereocenters. The predicted octanol–water partition coefficient (Wildman–Crippen LogP) is 3.61. The molecule has 0 saturated carbocycles. The van der Waals surface area contributed by atoms with Crippen LogP contribution in [0, 0.1) is 0 Å². The Morgan fingerprint density at radius 2 is 1.70 bits per heavy atom. The Bertz CT molecular complexity index is 1160. The normalized spacial score (nSPS) is 12.2. The second-order valence-corrected chi connectivity index (χ2v) is 8.83. The highest BCUT2D eigenvalue weighted by Gasteiger charge is 2.26. The Morgan fingerprint density at radius 3 is 2.33 bits per heavy atom. The topological polar surface area (TPSA) is 101 Å². The molecule has 174 valence electrons. The van der Waals surface area contributed by atoms with Gasteiger partial charge in [0.05, 0.1) is 0 Å². The smallest absolute Gasteiger partial charge is 0.408 e. The minimum Gasteiger partial charge on any atom is -0.444 e. The van der Waals surface area contributed by atoms with Crippen molar-refractivity contribution in [2.45, 2.75) is 38.8 Å². The number of carbonyl (C=O) groups excluding carboxylic acids is 3. The van der Waals surface area contributed by atoms with E-state index in [1.54, 1.807) is 52.1 Å². The van der Waals surface area contributed by atoms with Gasteiger partial charge in [-0.2, -0.15) is 0 Å². The summed E-state index contributed by atoms with van der Waals surface area (Å²) in [6.07, 6.45) is 1.57. The Kier molecular flexibility index (Phi) is 7.06. The second kappa shape index (κ2) is 9.77. The van der Waals surface area contributed by atoms with E-state index in [1.807, 2.05) is 42.1 Å². The van der Waals surface area contributed by atoms with Gasteiger partial charge in [-0.3, -0.25) is 9.59 Å². The Balaban J connectivity index is 1.83. The van der Waals surface area contributed by atoms with Crippen LogP contribution in [0.5, 0.6) is 0 Å². The first-order valence-corrected chi connectivity index (χ1v) is 10.7. The summed E-state index contributed by atoms with van der Waals surface area (Å²) in [5.41, 5.74) is 2.27. The third-order valence-electron chi connectivity index (χ3n) is 5.05. The third-order valence-corrected chi connectivity index (χ3v) is 5.05. The number of nitrogens with one attached hydrogen (secondary N) is 3. The molecule has 0 radical (unpaired) electrons. The maximum Gasteiger partial charge on any atom is 0.408 e. The Morgan fingerprint density at radius 1 is 1.03 bits per heavy atom. The van der Waals surface area contributed by atoms with E-state index in [4.69, 9.17) is 4.74 Å². The number of alkyl carbamates (subject to hydrolysis) is 1. The molecule has 8 heteroatoms. The second-order valence-electron chi connectivity index (χ2n) is 8.83. The first-order chi connectivity index (χ1) is 15.6. The van der Waals surface area contributed by atoms with Gasteiger partial charge >= 0.3 is 6.09 Å². The highest BCUT2D eigenvalue weighted by molar-refractivity contribution is 5.98.